The molecule has 1 N–H and O–H groups in total. The summed E-state index contributed by atoms with van der Waals surface area (Å²) in [4.78, 5) is 22.9. The van der Waals surface area contributed by atoms with Gasteiger partial charge < -0.3 is 19.2 Å². The van der Waals surface area contributed by atoms with Gasteiger partial charge in [0.1, 0.15) is 6.61 Å². The summed E-state index contributed by atoms with van der Waals surface area (Å²) in [5.74, 6) is 0. The van der Waals surface area contributed by atoms with Crippen LogP contribution in [0, 0.1) is 0 Å². The van der Waals surface area contributed by atoms with Gasteiger partial charge in [0.15, 0.2) is 0 Å². The van der Waals surface area contributed by atoms with Crippen molar-refractivity contribution in [2.45, 2.75) is 90.0 Å². The van der Waals surface area contributed by atoms with Crippen LogP contribution in [-0.2, 0) is 13.9 Å². The van der Waals surface area contributed by atoms with E-state index in [-0.39, 0.29) is 18.2 Å². The number of nitrogens with one attached hydrogen (secondary N) is 1. The number of hydrogen-bond donors (Lipinski definition) is 1. The van der Waals surface area contributed by atoms with Crippen LogP contribution in [-0.4, -0.2) is 57.3 Å². The van der Waals surface area contributed by atoms with E-state index in [2.05, 4.69) is 77.8 Å². The largest absolute Gasteiger partial charge is 0.449 e. The Labute approximate surface area is 201 Å². The van der Waals surface area contributed by atoms with Crippen molar-refractivity contribution in [2.24, 2.45) is 0 Å². The number of amides is 2. The quantitative estimate of drug-likeness (QED) is 0.256. The molecule has 3 heterocycles. The fourth-order valence-corrected chi connectivity index (χ4v) is 10.2. The predicted molar refractivity (Wildman–Crippen MR) is 136 cm³/mol. The van der Waals surface area contributed by atoms with Crippen molar-refractivity contribution >= 4 is 20.5 Å². The van der Waals surface area contributed by atoms with Crippen LogP contribution in [0.3, 0.4) is 0 Å². The minimum absolute atomic E-state index is 0.0162. The third-order valence-corrected chi connectivity index (χ3v) is 12.3. The third-order valence-electron chi connectivity index (χ3n) is 6.23. The van der Waals surface area contributed by atoms with Gasteiger partial charge in [0.2, 0.25) is 8.32 Å². The van der Waals surface area contributed by atoms with Gasteiger partial charge in [-0.25, -0.2) is 9.59 Å². The number of nitrogens with zero attached hydrogens (tertiary/aromatic N) is 1. The van der Waals surface area contributed by atoms with Gasteiger partial charge in [0.05, 0.1) is 25.3 Å². The molecule has 0 spiro atoms. The van der Waals surface area contributed by atoms with Crippen molar-refractivity contribution < 1.29 is 23.5 Å². The highest BCUT2D eigenvalue weighted by Gasteiger charge is 2.48. The summed E-state index contributed by atoms with van der Waals surface area (Å²) in [7, 11) is -1.62. The van der Waals surface area contributed by atoms with Gasteiger partial charge in [0, 0.05) is 12.1 Å². The fraction of sp³-hybridized carbons (Fsp3) is 0.680. The number of cyclic esters (lactones) is 2. The van der Waals surface area contributed by atoms with E-state index >= 15 is 0 Å². The highest BCUT2D eigenvalue weighted by atomic mass is 28.4. The van der Waals surface area contributed by atoms with E-state index in [4.69, 9.17) is 9.16 Å². The Bertz CT molecular complexity index is 683. The van der Waals surface area contributed by atoms with E-state index in [0.29, 0.717) is 42.5 Å². The predicted octanol–water partition coefficient (Wildman–Crippen LogP) is 6.15. The van der Waals surface area contributed by atoms with Crippen LogP contribution in [0.4, 0.5) is 9.59 Å². The van der Waals surface area contributed by atoms with Crippen LogP contribution < -0.4 is 5.32 Å². The second-order valence-electron chi connectivity index (χ2n) is 9.33. The molecule has 8 heteroatoms. The summed E-state index contributed by atoms with van der Waals surface area (Å²) in [6.45, 7) is 24.8. The molecular formula is C25H44N2O5Si. The minimum Gasteiger partial charge on any atom is -0.449 e. The first kappa shape index (κ1) is 29.0. The lowest BCUT2D eigenvalue weighted by molar-refractivity contribution is 0.111. The molecule has 3 aliphatic heterocycles. The molecule has 3 rings (SSSR count). The summed E-state index contributed by atoms with van der Waals surface area (Å²) in [5, 5.41) is 2.52. The van der Waals surface area contributed by atoms with Crippen molar-refractivity contribution in [3.63, 3.8) is 0 Å². The Balaban J connectivity index is 0.000000256. The van der Waals surface area contributed by atoms with Crippen molar-refractivity contribution in [3.8, 4) is 0 Å². The number of allylic oxidation sites excluding steroid dienone is 1. The molecule has 33 heavy (non-hydrogen) atoms. The van der Waals surface area contributed by atoms with Crippen molar-refractivity contribution in [3.05, 3.63) is 37.1 Å². The molecule has 0 radical (unpaired) electrons. The highest BCUT2D eigenvalue weighted by molar-refractivity contribution is 6.77. The van der Waals surface area contributed by atoms with Gasteiger partial charge in [-0.2, -0.15) is 0 Å². The first-order chi connectivity index (χ1) is 15.6. The SMILES string of the molecule is C=CC1COC(=O)N1.C=CCO[Si](C(C)C)(C(C)C)C(C)C.CC/C=C1\C2CCOC(=O)N12. The molecule has 0 aromatic heterocycles. The second kappa shape index (κ2) is 13.6. The smallest absolute Gasteiger partial charge is 0.414 e. The molecule has 0 aliphatic carbocycles. The normalized spacial score (nSPS) is 22.5. The zero-order valence-corrected chi connectivity index (χ0v) is 22.6. The molecule has 0 saturated carbocycles. The van der Waals surface area contributed by atoms with Crippen LogP contribution in [0.5, 0.6) is 0 Å². The Morgan fingerprint density at radius 2 is 1.73 bits per heavy atom. The Morgan fingerprint density at radius 1 is 1.12 bits per heavy atom. The van der Waals surface area contributed by atoms with Crippen molar-refractivity contribution in [2.75, 3.05) is 19.8 Å². The average molecular weight is 481 g/mol. The molecule has 3 aliphatic rings. The van der Waals surface area contributed by atoms with Gasteiger partial charge in [0.25, 0.3) is 0 Å². The van der Waals surface area contributed by atoms with Crippen LogP contribution in [0.1, 0.15) is 61.3 Å². The average Bonchev–Trinajstić information content (AvgIpc) is 3.29. The zero-order valence-electron chi connectivity index (χ0n) is 21.6. The number of ether oxygens (including phenoxy) is 2. The molecule has 2 amide bonds. The van der Waals surface area contributed by atoms with E-state index in [9.17, 15) is 9.59 Å². The molecule has 3 saturated heterocycles. The second-order valence-corrected chi connectivity index (χ2v) is 14.8. The lowest BCUT2D eigenvalue weighted by atomic mass is 10.3. The van der Waals surface area contributed by atoms with E-state index < -0.39 is 8.32 Å². The van der Waals surface area contributed by atoms with Gasteiger partial charge in [-0.3, -0.25) is 4.90 Å². The number of rotatable bonds is 8. The summed E-state index contributed by atoms with van der Waals surface area (Å²) >= 11 is 0. The summed E-state index contributed by atoms with van der Waals surface area (Å²) < 4.78 is 15.6. The fourth-order valence-electron chi connectivity index (χ4n) is 4.77. The van der Waals surface area contributed by atoms with E-state index in [1.807, 2.05) is 6.08 Å². The van der Waals surface area contributed by atoms with Crippen molar-refractivity contribution in [1.82, 2.24) is 10.2 Å². The maximum Gasteiger partial charge on any atom is 0.414 e. The van der Waals surface area contributed by atoms with Gasteiger partial charge in [-0.05, 0) is 23.0 Å². The van der Waals surface area contributed by atoms with Crippen molar-refractivity contribution in [1.29, 1.82) is 0 Å². The summed E-state index contributed by atoms with van der Waals surface area (Å²) in [6.07, 6.45) is 7.06. The van der Waals surface area contributed by atoms with Crippen LogP contribution in [0.15, 0.2) is 37.1 Å². The molecule has 3 fully saturated rings. The maximum absolute atomic E-state index is 11.0. The maximum atomic E-state index is 11.0. The third kappa shape index (κ3) is 7.74. The van der Waals surface area contributed by atoms with Crippen LogP contribution in [0.25, 0.3) is 0 Å². The number of carbonyl (C=O) groups excluding carboxylic acids is 2. The summed E-state index contributed by atoms with van der Waals surface area (Å²) in [6, 6.07) is 0.402. The Kier molecular flexibility index (Phi) is 11.9. The van der Waals surface area contributed by atoms with E-state index in [1.165, 1.54) is 0 Å². The first-order valence-corrected chi connectivity index (χ1v) is 14.2. The minimum atomic E-state index is -1.62. The summed E-state index contributed by atoms with van der Waals surface area (Å²) in [5.41, 5.74) is 3.17. The molecule has 0 bridgehead atoms. The zero-order chi connectivity index (χ0) is 25.2. The van der Waals surface area contributed by atoms with Gasteiger partial charge in [-0.15, -0.1) is 13.2 Å². The topological polar surface area (TPSA) is 76.9 Å². The lowest BCUT2D eigenvalue weighted by Crippen LogP contribution is -2.47. The van der Waals surface area contributed by atoms with Gasteiger partial charge >= 0.3 is 12.2 Å². The number of fused-ring (bicyclic) bond motifs is 1. The Hall–Kier alpha value is -2.06. The Morgan fingerprint density at radius 3 is 2.09 bits per heavy atom. The molecule has 2 unspecified atom stereocenters. The molecule has 7 nitrogen and oxygen atoms in total. The number of carbonyl (C=O) groups is 2. The molecule has 188 valence electrons. The van der Waals surface area contributed by atoms with E-state index in [1.54, 1.807) is 11.0 Å². The van der Waals surface area contributed by atoms with Crippen LogP contribution >= 0.6 is 0 Å². The molecule has 2 atom stereocenters. The molecule has 0 aromatic rings. The number of hydrogen-bond acceptors (Lipinski definition) is 5. The monoisotopic (exact) mass is 480 g/mol. The van der Waals surface area contributed by atoms with Crippen LogP contribution in [0.2, 0.25) is 16.6 Å². The van der Waals surface area contributed by atoms with Gasteiger partial charge in [-0.1, -0.05) is 66.7 Å². The number of alkyl carbamates (subject to hydrolysis) is 1. The highest BCUT2D eigenvalue weighted by Crippen LogP contribution is 2.42. The first-order valence-electron chi connectivity index (χ1n) is 12.0. The molecular weight excluding hydrogens is 436 g/mol. The van der Waals surface area contributed by atoms with E-state index in [0.717, 1.165) is 18.5 Å². The standard InChI is InChI=1S/C12H26OSi.C8H11NO2.C5H7NO2/c1-8-9-13-14(10(2)3,11(4)5)12(6)7;1-2-3-6-7-4-5-11-8(10)9(6)7;1-2-4-3-8-5(7)6-4/h8,10-12H,1,9H2,2-7H3;3,7H,2,4-5H2,1H3;2,4H,1,3H2,(H,6,7)/b;6-3+;. The molecule has 0 aromatic carbocycles. The lowest BCUT2D eigenvalue weighted by Gasteiger charge is -2.41.